The Morgan fingerprint density at radius 2 is 1.73 bits per heavy atom. The number of benzene rings is 1. The summed E-state index contributed by atoms with van der Waals surface area (Å²) in [4.78, 5) is 7.06. The summed E-state index contributed by atoms with van der Waals surface area (Å²) in [6.45, 7) is 7.93. The van der Waals surface area contributed by atoms with Gasteiger partial charge >= 0.3 is 0 Å². The van der Waals surface area contributed by atoms with E-state index in [0.29, 0.717) is 6.04 Å². The van der Waals surface area contributed by atoms with E-state index in [2.05, 4.69) is 64.3 Å². The Morgan fingerprint density at radius 3 is 2.42 bits per heavy atom. The van der Waals surface area contributed by atoms with Crippen molar-refractivity contribution in [3.8, 4) is 16.9 Å². The van der Waals surface area contributed by atoms with Crippen molar-refractivity contribution in [2.45, 2.75) is 19.9 Å². The van der Waals surface area contributed by atoms with Gasteiger partial charge in [-0.2, -0.15) is 0 Å². The third-order valence-electron chi connectivity index (χ3n) is 4.96. The zero-order valence-corrected chi connectivity index (χ0v) is 15.2. The maximum absolute atomic E-state index is 5.46. The summed E-state index contributed by atoms with van der Waals surface area (Å²) >= 11 is 0. The molecule has 26 heavy (non-hydrogen) atoms. The van der Waals surface area contributed by atoms with Gasteiger partial charge in [-0.15, -0.1) is 10.2 Å². The minimum Gasteiger partial charge on any atom is -0.379 e. The van der Waals surface area contributed by atoms with Gasteiger partial charge in [0.15, 0.2) is 0 Å². The zero-order chi connectivity index (χ0) is 17.9. The molecule has 1 fully saturated rings. The molecule has 3 aromatic rings. The van der Waals surface area contributed by atoms with Crippen molar-refractivity contribution in [2.75, 3.05) is 26.3 Å². The van der Waals surface area contributed by atoms with Gasteiger partial charge in [-0.25, -0.2) is 4.98 Å². The molecule has 1 aliphatic heterocycles. The molecule has 1 atom stereocenters. The highest BCUT2D eigenvalue weighted by Gasteiger charge is 2.18. The summed E-state index contributed by atoms with van der Waals surface area (Å²) in [5.74, 6) is 0.842. The molecule has 0 spiro atoms. The van der Waals surface area contributed by atoms with E-state index in [-0.39, 0.29) is 0 Å². The fourth-order valence-corrected chi connectivity index (χ4v) is 3.41. The molecule has 3 heterocycles. The van der Waals surface area contributed by atoms with E-state index >= 15 is 0 Å². The van der Waals surface area contributed by atoms with Crippen molar-refractivity contribution < 1.29 is 4.74 Å². The van der Waals surface area contributed by atoms with Crippen LogP contribution in [-0.2, 0) is 4.74 Å². The van der Waals surface area contributed by atoms with Crippen molar-refractivity contribution in [3.05, 3.63) is 60.3 Å². The molecule has 134 valence electrons. The van der Waals surface area contributed by atoms with Gasteiger partial charge in [0.2, 0.25) is 0 Å². The van der Waals surface area contributed by atoms with Crippen LogP contribution < -0.4 is 0 Å². The Bertz CT molecular complexity index is 854. The fraction of sp³-hybridized carbons (Fsp3) is 0.350. The molecule has 1 aliphatic rings. The number of aryl methyl sites for hydroxylation is 1. The first-order valence-corrected chi connectivity index (χ1v) is 8.96. The first-order chi connectivity index (χ1) is 12.7. The van der Waals surface area contributed by atoms with Crippen molar-refractivity contribution in [2.24, 2.45) is 0 Å². The number of pyridine rings is 1. The molecule has 6 heteroatoms. The SMILES string of the molecule is Cc1cnc(-n2cnnc2)c(-c2ccc([C@@H](C)N3CCOCC3)cc2)c1. The molecule has 0 saturated carbocycles. The Kier molecular flexibility index (Phi) is 4.77. The van der Waals surface area contributed by atoms with Crippen LogP contribution in [0.25, 0.3) is 16.9 Å². The van der Waals surface area contributed by atoms with Gasteiger partial charge < -0.3 is 4.74 Å². The van der Waals surface area contributed by atoms with Crippen molar-refractivity contribution in [1.29, 1.82) is 0 Å². The average molecular weight is 349 g/mol. The Morgan fingerprint density at radius 1 is 1.04 bits per heavy atom. The number of nitrogens with zero attached hydrogens (tertiary/aromatic N) is 5. The monoisotopic (exact) mass is 349 g/mol. The molecule has 1 saturated heterocycles. The zero-order valence-electron chi connectivity index (χ0n) is 15.2. The molecule has 0 unspecified atom stereocenters. The lowest BCUT2D eigenvalue weighted by atomic mass is 10.00. The molecule has 0 bridgehead atoms. The molecule has 0 N–H and O–H groups in total. The summed E-state index contributed by atoms with van der Waals surface area (Å²) < 4.78 is 7.31. The third kappa shape index (κ3) is 3.38. The maximum atomic E-state index is 5.46. The van der Waals surface area contributed by atoms with Crippen LogP contribution >= 0.6 is 0 Å². The van der Waals surface area contributed by atoms with E-state index in [4.69, 9.17) is 4.74 Å². The van der Waals surface area contributed by atoms with Crippen LogP contribution in [0, 0.1) is 6.92 Å². The van der Waals surface area contributed by atoms with Crippen LogP contribution in [0.4, 0.5) is 0 Å². The van der Waals surface area contributed by atoms with Crippen LogP contribution in [0.5, 0.6) is 0 Å². The Balaban J connectivity index is 1.64. The average Bonchev–Trinajstić information content (AvgIpc) is 3.23. The predicted octanol–water partition coefficient (Wildman–Crippen LogP) is 3.03. The number of morpholine rings is 1. The molecule has 6 nitrogen and oxygen atoms in total. The summed E-state index contributed by atoms with van der Waals surface area (Å²) in [7, 11) is 0. The Labute approximate surface area is 153 Å². The lowest BCUT2D eigenvalue weighted by Crippen LogP contribution is -2.37. The van der Waals surface area contributed by atoms with Gasteiger partial charge in [-0.05, 0) is 36.6 Å². The highest BCUT2D eigenvalue weighted by Crippen LogP contribution is 2.29. The van der Waals surface area contributed by atoms with Crippen LogP contribution in [0.3, 0.4) is 0 Å². The summed E-state index contributed by atoms with van der Waals surface area (Å²) in [5, 5.41) is 7.80. The highest BCUT2D eigenvalue weighted by molar-refractivity contribution is 5.71. The van der Waals surface area contributed by atoms with Gasteiger partial charge in [0, 0.05) is 30.9 Å². The molecule has 0 aliphatic carbocycles. The van der Waals surface area contributed by atoms with Crippen LogP contribution in [-0.4, -0.2) is 51.0 Å². The number of hydrogen-bond donors (Lipinski definition) is 0. The first kappa shape index (κ1) is 16.9. The number of hydrogen-bond acceptors (Lipinski definition) is 5. The second-order valence-electron chi connectivity index (χ2n) is 6.70. The van der Waals surface area contributed by atoms with Gasteiger partial charge in [0.05, 0.1) is 13.2 Å². The molecule has 1 aromatic carbocycles. The van der Waals surface area contributed by atoms with Gasteiger partial charge in [0.1, 0.15) is 18.5 Å². The van der Waals surface area contributed by atoms with Crippen molar-refractivity contribution in [1.82, 2.24) is 24.6 Å². The predicted molar refractivity (Wildman–Crippen MR) is 100 cm³/mol. The number of ether oxygens (including phenoxy) is 1. The largest absolute Gasteiger partial charge is 0.379 e. The summed E-state index contributed by atoms with van der Waals surface area (Å²) in [6, 6.07) is 11.3. The van der Waals surface area contributed by atoms with Crippen molar-refractivity contribution in [3.63, 3.8) is 0 Å². The number of rotatable bonds is 4. The third-order valence-corrected chi connectivity index (χ3v) is 4.96. The molecule has 0 radical (unpaired) electrons. The summed E-state index contributed by atoms with van der Waals surface area (Å²) in [6.07, 6.45) is 5.22. The molecular formula is C20H23N5O. The summed E-state index contributed by atoms with van der Waals surface area (Å²) in [5.41, 5.74) is 4.67. The highest BCUT2D eigenvalue weighted by atomic mass is 16.5. The van der Waals surface area contributed by atoms with Crippen molar-refractivity contribution >= 4 is 0 Å². The van der Waals surface area contributed by atoms with E-state index in [0.717, 1.165) is 48.8 Å². The van der Waals surface area contributed by atoms with Gasteiger partial charge in [0.25, 0.3) is 0 Å². The van der Waals surface area contributed by atoms with E-state index in [1.165, 1.54) is 5.56 Å². The Hall–Kier alpha value is -2.57. The lowest BCUT2D eigenvalue weighted by Gasteiger charge is -2.32. The van der Waals surface area contributed by atoms with Gasteiger partial charge in [-0.3, -0.25) is 9.47 Å². The van der Waals surface area contributed by atoms with E-state index in [9.17, 15) is 0 Å². The smallest absolute Gasteiger partial charge is 0.147 e. The minimum absolute atomic E-state index is 0.390. The second kappa shape index (κ2) is 7.35. The quantitative estimate of drug-likeness (QED) is 0.725. The first-order valence-electron chi connectivity index (χ1n) is 8.96. The second-order valence-corrected chi connectivity index (χ2v) is 6.70. The van der Waals surface area contributed by atoms with Crippen LogP contribution in [0.1, 0.15) is 24.1 Å². The molecule has 0 amide bonds. The standard InChI is InChI=1S/C20H23N5O/c1-15-11-19(20(21-12-15)25-13-22-23-14-25)18-5-3-17(4-6-18)16(2)24-7-9-26-10-8-24/h3-6,11-14,16H,7-10H2,1-2H3/t16-/m1/s1. The number of aromatic nitrogens is 4. The maximum Gasteiger partial charge on any atom is 0.147 e. The molecular weight excluding hydrogens is 326 g/mol. The molecule has 2 aromatic heterocycles. The van der Waals surface area contributed by atoms with E-state index in [1.54, 1.807) is 12.7 Å². The fourth-order valence-electron chi connectivity index (χ4n) is 3.41. The van der Waals surface area contributed by atoms with Crippen LogP contribution in [0.2, 0.25) is 0 Å². The van der Waals surface area contributed by atoms with E-state index in [1.807, 2.05) is 10.8 Å². The normalized spacial score (nSPS) is 16.5. The topological polar surface area (TPSA) is 56.1 Å². The molecule has 4 rings (SSSR count). The van der Waals surface area contributed by atoms with Crippen LogP contribution in [0.15, 0.2) is 49.2 Å². The van der Waals surface area contributed by atoms with Gasteiger partial charge in [-0.1, -0.05) is 24.3 Å². The minimum atomic E-state index is 0.390. The van der Waals surface area contributed by atoms with E-state index < -0.39 is 0 Å². The lowest BCUT2D eigenvalue weighted by molar-refractivity contribution is 0.0198.